The van der Waals surface area contributed by atoms with Crippen molar-refractivity contribution in [3.63, 3.8) is 0 Å². The molecule has 1 amide bonds. The van der Waals surface area contributed by atoms with E-state index in [0.717, 1.165) is 19.3 Å². The minimum Gasteiger partial charge on any atom is -0.478 e. The number of amides is 1. The van der Waals surface area contributed by atoms with E-state index in [1.54, 1.807) is 0 Å². The Kier molecular flexibility index (Phi) is 4.57. The van der Waals surface area contributed by atoms with Crippen molar-refractivity contribution in [1.29, 1.82) is 0 Å². The molecule has 25 heavy (non-hydrogen) atoms. The van der Waals surface area contributed by atoms with Crippen LogP contribution in [0.15, 0.2) is 42.6 Å². The second kappa shape index (κ2) is 6.67. The van der Waals surface area contributed by atoms with Crippen LogP contribution in [0.5, 0.6) is 0 Å². The summed E-state index contributed by atoms with van der Waals surface area (Å²) < 4.78 is 0. The lowest BCUT2D eigenvalue weighted by molar-refractivity contribution is 0.0615. The zero-order valence-corrected chi connectivity index (χ0v) is 14.5. The smallest absolute Gasteiger partial charge is 0.337 e. The third-order valence-electron chi connectivity index (χ3n) is 4.89. The number of hydrogen-bond acceptors (Lipinski definition) is 3. The Balaban J connectivity index is 1.82. The average Bonchev–Trinajstić information content (AvgIpc) is 2.95. The number of likely N-dealkylation sites (tertiary alicyclic amines) is 1. The number of carbonyl (C=O) groups is 2. The number of aromatic nitrogens is 1. The topological polar surface area (TPSA) is 70.5 Å². The van der Waals surface area contributed by atoms with E-state index in [-0.39, 0.29) is 17.0 Å². The van der Waals surface area contributed by atoms with Gasteiger partial charge in [0, 0.05) is 18.3 Å². The highest BCUT2D eigenvalue weighted by atomic mass is 16.4. The summed E-state index contributed by atoms with van der Waals surface area (Å²) in [6, 6.07) is 11.3. The summed E-state index contributed by atoms with van der Waals surface area (Å²) in [5.74, 6) is -1.18. The third-order valence-corrected chi connectivity index (χ3v) is 4.89. The van der Waals surface area contributed by atoms with E-state index in [1.807, 2.05) is 11.0 Å². The van der Waals surface area contributed by atoms with Gasteiger partial charge in [-0.3, -0.25) is 9.78 Å². The molecule has 2 aromatic rings. The lowest BCUT2D eigenvalue weighted by Crippen LogP contribution is -2.46. The molecule has 5 nitrogen and oxygen atoms in total. The maximum atomic E-state index is 12.9. The van der Waals surface area contributed by atoms with Gasteiger partial charge in [-0.05, 0) is 50.8 Å². The highest BCUT2D eigenvalue weighted by Gasteiger charge is 2.40. The largest absolute Gasteiger partial charge is 0.478 e. The minimum absolute atomic E-state index is 0.0838. The van der Waals surface area contributed by atoms with Gasteiger partial charge in [0.05, 0.1) is 5.56 Å². The van der Waals surface area contributed by atoms with E-state index in [1.165, 1.54) is 29.5 Å². The molecule has 0 radical (unpaired) electrons. The molecule has 1 aliphatic rings. The number of nitrogens with zero attached hydrogens (tertiary/aromatic N) is 2. The second-order valence-electron chi connectivity index (χ2n) is 6.96. The SMILES string of the molecule is Cc1cccc(CC2(C)CCCN2C(=O)c2ccc(C(=O)O)cn2)c1. The molecular formula is C20H22N2O3. The molecule has 130 valence electrons. The van der Waals surface area contributed by atoms with Gasteiger partial charge in [-0.1, -0.05) is 29.8 Å². The molecular weight excluding hydrogens is 316 g/mol. The summed E-state index contributed by atoms with van der Waals surface area (Å²) in [5, 5.41) is 8.96. The monoisotopic (exact) mass is 338 g/mol. The molecule has 1 N–H and O–H groups in total. The van der Waals surface area contributed by atoms with Crippen LogP contribution in [-0.4, -0.2) is 39.0 Å². The number of aryl methyl sites for hydroxylation is 1. The van der Waals surface area contributed by atoms with Crippen LogP contribution in [-0.2, 0) is 6.42 Å². The van der Waals surface area contributed by atoms with Gasteiger partial charge >= 0.3 is 5.97 Å². The van der Waals surface area contributed by atoms with Crippen molar-refractivity contribution < 1.29 is 14.7 Å². The van der Waals surface area contributed by atoms with Crippen LogP contribution >= 0.6 is 0 Å². The van der Waals surface area contributed by atoms with Gasteiger partial charge in [0.15, 0.2) is 0 Å². The van der Waals surface area contributed by atoms with Gasteiger partial charge in [0.1, 0.15) is 5.69 Å². The highest BCUT2D eigenvalue weighted by Crippen LogP contribution is 2.33. The first-order chi connectivity index (χ1) is 11.9. The predicted octanol–water partition coefficient (Wildman–Crippen LogP) is 3.33. The Morgan fingerprint density at radius 3 is 2.72 bits per heavy atom. The van der Waals surface area contributed by atoms with Gasteiger partial charge < -0.3 is 10.0 Å². The van der Waals surface area contributed by atoms with Gasteiger partial charge in [-0.2, -0.15) is 0 Å². The maximum absolute atomic E-state index is 12.9. The summed E-state index contributed by atoms with van der Waals surface area (Å²) in [4.78, 5) is 29.8. The number of benzene rings is 1. The molecule has 0 bridgehead atoms. The summed E-state index contributed by atoms with van der Waals surface area (Å²) in [7, 11) is 0. The Morgan fingerprint density at radius 2 is 2.08 bits per heavy atom. The number of carboxylic acid groups (broad SMARTS) is 1. The van der Waals surface area contributed by atoms with E-state index >= 15 is 0 Å². The summed E-state index contributed by atoms with van der Waals surface area (Å²) in [6.07, 6.45) is 3.94. The van der Waals surface area contributed by atoms with Crippen molar-refractivity contribution in [2.45, 2.75) is 38.6 Å². The van der Waals surface area contributed by atoms with E-state index < -0.39 is 5.97 Å². The lowest BCUT2D eigenvalue weighted by Gasteiger charge is -2.35. The summed E-state index contributed by atoms with van der Waals surface area (Å²) >= 11 is 0. The first kappa shape index (κ1) is 17.1. The van der Waals surface area contributed by atoms with Crippen molar-refractivity contribution in [2.24, 2.45) is 0 Å². The van der Waals surface area contributed by atoms with Crippen molar-refractivity contribution in [3.8, 4) is 0 Å². The molecule has 3 rings (SSSR count). The highest BCUT2D eigenvalue weighted by molar-refractivity contribution is 5.94. The summed E-state index contributed by atoms with van der Waals surface area (Å²) in [6.45, 7) is 4.88. The normalized spacial score (nSPS) is 19.8. The van der Waals surface area contributed by atoms with Crippen molar-refractivity contribution in [3.05, 3.63) is 65.0 Å². The van der Waals surface area contributed by atoms with Crippen molar-refractivity contribution >= 4 is 11.9 Å². The maximum Gasteiger partial charge on any atom is 0.337 e. The first-order valence-corrected chi connectivity index (χ1v) is 8.46. The van der Waals surface area contributed by atoms with Crippen LogP contribution < -0.4 is 0 Å². The molecule has 0 spiro atoms. The molecule has 0 aliphatic carbocycles. The Hall–Kier alpha value is -2.69. The van der Waals surface area contributed by atoms with E-state index in [4.69, 9.17) is 5.11 Å². The molecule has 1 aliphatic heterocycles. The molecule has 1 aromatic heterocycles. The molecule has 0 saturated carbocycles. The fourth-order valence-corrected chi connectivity index (χ4v) is 3.60. The number of hydrogen-bond donors (Lipinski definition) is 1. The van der Waals surface area contributed by atoms with Crippen LogP contribution in [0.3, 0.4) is 0 Å². The number of pyridine rings is 1. The standard InChI is InChI=1S/C20H22N2O3/c1-14-5-3-6-15(11-14)12-20(2)9-4-10-22(20)18(23)17-8-7-16(13-21-17)19(24)25/h3,5-8,11,13H,4,9-10,12H2,1-2H3,(H,24,25). The predicted molar refractivity (Wildman–Crippen MR) is 94.8 cm³/mol. The van der Waals surface area contributed by atoms with Crippen LogP contribution in [0.25, 0.3) is 0 Å². The van der Waals surface area contributed by atoms with E-state index in [9.17, 15) is 9.59 Å². The molecule has 1 fully saturated rings. The molecule has 2 heterocycles. The van der Waals surface area contributed by atoms with Crippen LogP contribution in [0.1, 0.15) is 51.7 Å². The van der Waals surface area contributed by atoms with Crippen molar-refractivity contribution in [2.75, 3.05) is 6.54 Å². The average molecular weight is 338 g/mol. The van der Waals surface area contributed by atoms with Gasteiger partial charge in [0.2, 0.25) is 0 Å². The lowest BCUT2D eigenvalue weighted by atomic mass is 9.89. The quantitative estimate of drug-likeness (QED) is 0.928. The minimum atomic E-state index is -1.04. The zero-order valence-electron chi connectivity index (χ0n) is 14.5. The van der Waals surface area contributed by atoms with E-state index in [2.05, 4.69) is 37.0 Å². The Morgan fingerprint density at radius 1 is 1.28 bits per heavy atom. The number of rotatable bonds is 4. The molecule has 1 aromatic carbocycles. The van der Waals surface area contributed by atoms with E-state index in [0.29, 0.717) is 12.2 Å². The number of aromatic carboxylic acids is 1. The second-order valence-corrected chi connectivity index (χ2v) is 6.96. The van der Waals surface area contributed by atoms with Crippen LogP contribution in [0, 0.1) is 6.92 Å². The summed E-state index contributed by atoms with van der Waals surface area (Å²) in [5.41, 5.74) is 2.56. The molecule has 1 saturated heterocycles. The van der Waals surface area contributed by atoms with Gasteiger partial charge in [-0.15, -0.1) is 0 Å². The van der Waals surface area contributed by atoms with Crippen molar-refractivity contribution in [1.82, 2.24) is 9.88 Å². The third kappa shape index (κ3) is 3.55. The van der Waals surface area contributed by atoms with Gasteiger partial charge in [-0.25, -0.2) is 4.79 Å². The van der Waals surface area contributed by atoms with Crippen LogP contribution in [0.2, 0.25) is 0 Å². The molecule has 5 heteroatoms. The molecule has 1 unspecified atom stereocenters. The first-order valence-electron chi connectivity index (χ1n) is 8.46. The Bertz CT molecular complexity index is 801. The molecule has 1 atom stereocenters. The fraction of sp³-hybridized carbons (Fsp3) is 0.350. The number of carboxylic acids is 1. The zero-order chi connectivity index (χ0) is 18.0. The van der Waals surface area contributed by atoms with Gasteiger partial charge in [0.25, 0.3) is 5.91 Å². The fourth-order valence-electron chi connectivity index (χ4n) is 3.60. The number of carbonyl (C=O) groups excluding carboxylic acids is 1. The Labute approximate surface area is 147 Å². The van der Waals surface area contributed by atoms with Crippen LogP contribution in [0.4, 0.5) is 0 Å².